The van der Waals surface area contributed by atoms with E-state index in [9.17, 15) is 0 Å². The van der Waals surface area contributed by atoms with Gasteiger partial charge in [0.15, 0.2) is 5.82 Å². The predicted molar refractivity (Wildman–Crippen MR) is 82.4 cm³/mol. The fraction of sp³-hybridized carbons (Fsp3) is 0.467. The molecule has 1 N–H and O–H groups in total. The molecule has 0 aromatic carbocycles. The number of hydrogen-bond donors (Lipinski definition) is 1. The lowest BCUT2D eigenvalue weighted by molar-refractivity contribution is 0.292. The smallest absolute Gasteiger partial charge is 0.321 e. The molecule has 2 aromatic rings. The Balaban J connectivity index is 2.31. The van der Waals surface area contributed by atoms with Gasteiger partial charge in [-0.15, -0.1) is 0 Å². The van der Waals surface area contributed by atoms with E-state index in [1.807, 2.05) is 26.0 Å². The van der Waals surface area contributed by atoms with Gasteiger partial charge in [-0.25, -0.2) is 0 Å². The molecule has 0 saturated heterocycles. The molecular formula is C15H21N5O. The molecule has 0 amide bonds. The summed E-state index contributed by atoms with van der Waals surface area (Å²) in [5, 5.41) is 3.17. The van der Waals surface area contributed by atoms with Gasteiger partial charge in [-0.05, 0) is 31.9 Å². The maximum atomic E-state index is 5.54. The number of pyridine rings is 1. The average Bonchev–Trinajstić information content (AvgIpc) is 2.51. The van der Waals surface area contributed by atoms with Gasteiger partial charge in [0.05, 0.1) is 6.61 Å². The third kappa shape index (κ3) is 4.37. The molecule has 0 fully saturated rings. The van der Waals surface area contributed by atoms with Crippen molar-refractivity contribution in [2.24, 2.45) is 0 Å². The largest absolute Gasteiger partial charge is 0.463 e. The van der Waals surface area contributed by atoms with E-state index >= 15 is 0 Å². The molecule has 0 saturated carbocycles. The lowest BCUT2D eigenvalue weighted by Crippen LogP contribution is -2.09. The first-order valence-electron chi connectivity index (χ1n) is 7.28. The summed E-state index contributed by atoms with van der Waals surface area (Å²) in [5.74, 6) is 1.11. The monoisotopic (exact) mass is 287 g/mol. The summed E-state index contributed by atoms with van der Waals surface area (Å²) in [6, 6.07) is 4.23. The molecule has 0 unspecified atom stereocenters. The van der Waals surface area contributed by atoms with Crippen LogP contribution in [0.2, 0.25) is 0 Å². The number of rotatable bonds is 7. The minimum Gasteiger partial charge on any atom is -0.463 e. The normalized spacial score (nSPS) is 10.4. The first kappa shape index (κ1) is 15.2. The Bertz CT molecular complexity index is 545. The van der Waals surface area contributed by atoms with Crippen LogP contribution in [-0.2, 0) is 0 Å². The van der Waals surface area contributed by atoms with Gasteiger partial charge in [0.25, 0.3) is 0 Å². The molecule has 2 rings (SSSR count). The summed E-state index contributed by atoms with van der Waals surface area (Å²) < 4.78 is 5.54. The first-order valence-corrected chi connectivity index (χ1v) is 7.28. The topological polar surface area (TPSA) is 72.8 Å². The molecule has 0 radical (unpaired) electrons. The predicted octanol–water partition coefficient (Wildman–Crippen LogP) is 2.85. The summed E-state index contributed by atoms with van der Waals surface area (Å²) in [6.45, 7) is 7.47. The second-order valence-electron chi connectivity index (χ2n) is 4.73. The Morgan fingerprint density at radius 3 is 2.62 bits per heavy atom. The van der Waals surface area contributed by atoms with Gasteiger partial charge in [-0.2, -0.15) is 15.0 Å². The summed E-state index contributed by atoms with van der Waals surface area (Å²) in [6.07, 6.45) is 3.67. The SMILES string of the molecule is CCCNc1nc(OCCC)nc(-c2ccc(C)nc2)n1. The van der Waals surface area contributed by atoms with E-state index in [4.69, 9.17) is 4.74 Å². The van der Waals surface area contributed by atoms with Crippen LogP contribution in [0.3, 0.4) is 0 Å². The molecule has 0 aliphatic heterocycles. The molecule has 0 aliphatic carbocycles. The molecule has 21 heavy (non-hydrogen) atoms. The van der Waals surface area contributed by atoms with Gasteiger partial charge in [0, 0.05) is 24.0 Å². The zero-order chi connectivity index (χ0) is 15.1. The Hall–Kier alpha value is -2.24. The highest BCUT2D eigenvalue weighted by atomic mass is 16.5. The lowest BCUT2D eigenvalue weighted by atomic mass is 10.2. The number of nitrogens with zero attached hydrogens (tertiary/aromatic N) is 4. The molecule has 6 nitrogen and oxygen atoms in total. The number of aryl methyl sites for hydroxylation is 1. The van der Waals surface area contributed by atoms with Crippen LogP contribution in [0.25, 0.3) is 11.4 Å². The van der Waals surface area contributed by atoms with Crippen LogP contribution in [-0.4, -0.2) is 33.1 Å². The molecule has 2 heterocycles. The number of nitrogens with one attached hydrogen (secondary N) is 1. The highest BCUT2D eigenvalue weighted by Gasteiger charge is 2.09. The zero-order valence-electron chi connectivity index (χ0n) is 12.8. The van der Waals surface area contributed by atoms with Crippen LogP contribution in [0.15, 0.2) is 18.3 Å². The summed E-state index contributed by atoms with van der Waals surface area (Å²) >= 11 is 0. The minimum atomic E-state index is 0.348. The number of aromatic nitrogens is 4. The van der Waals surface area contributed by atoms with Crippen molar-refractivity contribution in [3.63, 3.8) is 0 Å². The number of ether oxygens (including phenoxy) is 1. The van der Waals surface area contributed by atoms with Crippen molar-refractivity contribution in [1.82, 2.24) is 19.9 Å². The van der Waals surface area contributed by atoms with Gasteiger partial charge in [-0.3, -0.25) is 4.98 Å². The molecule has 0 aliphatic rings. The Morgan fingerprint density at radius 1 is 1.10 bits per heavy atom. The van der Waals surface area contributed by atoms with Crippen molar-refractivity contribution in [1.29, 1.82) is 0 Å². The van der Waals surface area contributed by atoms with E-state index in [1.165, 1.54) is 0 Å². The Morgan fingerprint density at radius 2 is 1.95 bits per heavy atom. The van der Waals surface area contributed by atoms with Gasteiger partial charge in [0.1, 0.15) is 0 Å². The van der Waals surface area contributed by atoms with Crippen LogP contribution in [0, 0.1) is 6.92 Å². The summed E-state index contributed by atoms with van der Waals surface area (Å²) in [5.41, 5.74) is 1.81. The lowest BCUT2D eigenvalue weighted by Gasteiger charge is -2.09. The van der Waals surface area contributed by atoms with Crippen molar-refractivity contribution in [3.8, 4) is 17.4 Å². The van der Waals surface area contributed by atoms with Gasteiger partial charge >= 0.3 is 6.01 Å². The number of anilines is 1. The van der Waals surface area contributed by atoms with Crippen molar-refractivity contribution >= 4 is 5.95 Å². The van der Waals surface area contributed by atoms with Gasteiger partial charge in [0.2, 0.25) is 5.95 Å². The van der Waals surface area contributed by atoms with E-state index in [0.717, 1.165) is 30.6 Å². The minimum absolute atomic E-state index is 0.348. The fourth-order valence-electron chi connectivity index (χ4n) is 1.66. The van der Waals surface area contributed by atoms with Crippen molar-refractivity contribution in [2.45, 2.75) is 33.6 Å². The van der Waals surface area contributed by atoms with Crippen LogP contribution in [0.4, 0.5) is 5.95 Å². The molecule has 6 heteroatoms. The summed E-state index contributed by atoms with van der Waals surface area (Å²) in [7, 11) is 0. The summed E-state index contributed by atoms with van der Waals surface area (Å²) in [4.78, 5) is 17.3. The second-order valence-corrected chi connectivity index (χ2v) is 4.73. The van der Waals surface area contributed by atoms with Crippen LogP contribution in [0.5, 0.6) is 6.01 Å². The van der Waals surface area contributed by atoms with Crippen LogP contribution < -0.4 is 10.1 Å². The van der Waals surface area contributed by atoms with E-state index in [-0.39, 0.29) is 0 Å². The molecule has 2 aromatic heterocycles. The van der Waals surface area contributed by atoms with E-state index in [1.54, 1.807) is 6.20 Å². The van der Waals surface area contributed by atoms with Crippen molar-refractivity contribution < 1.29 is 4.74 Å². The zero-order valence-corrected chi connectivity index (χ0v) is 12.8. The quantitative estimate of drug-likeness (QED) is 0.844. The maximum absolute atomic E-state index is 5.54. The van der Waals surface area contributed by atoms with E-state index in [2.05, 4.69) is 32.2 Å². The Labute approximate surface area is 125 Å². The third-order valence-electron chi connectivity index (χ3n) is 2.75. The standard InChI is InChI=1S/C15H21N5O/c1-4-8-16-14-18-13(12-7-6-11(3)17-10-12)19-15(20-14)21-9-5-2/h6-7,10H,4-5,8-9H2,1-3H3,(H,16,18,19,20). The second kappa shape index (κ2) is 7.52. The van der Waals surface area contributed by atoms with Gasteiger partial charge < -0.3 is 10.1 Å². The van der Waals surface area contributed by atoms with Crippen molar-refractivity contribution in [3.05, 3.63) is 24.0 Å². The maximum Gasteiger partial charge on any atom is 0.321 e. The molecule has 0 spiro atoms. The van der Waals surface area contributed by atoms with Crippen molar-refractivity contribution in [2.75, 3.05) is 18.5 Å². The van der Waals surface area contributed by atoms with Gasteiger partial charge in [-0.1, -0.05) is 13.8 Å². The van der Waals surface area contributed by atoms with Crippen LogP contribution in [0.1, 0.15) is 32.4 Å². The number of hydrogen-bond acceptors (Lipinski definition) is 6. The highest BCUT2D eigenvalue weighted by Crippen LogP contribution is 2.18. The fourth-order valence-corrected chi connectivity index (χ4v) is 1.66. The molecule has 0 atom stereocenters. The molecule has 0 bridgehead atoms. The molecular weight excluding hydrogens is 266 g/mol. The Kier molecular flexibility index (Phi) is 5.43. The first-order chi connectivity index (χ1) is 10.2. The highest BCUT2D eigenvalue weighted by molar-refractivity contribution is 5.55. The van der Waals surface area contributed by atoms with E-state index < -0.39 is 0 Å². The third-order valence-corrected chi connectivity index (χ3v) is 2.75. The van der Waals surface area contributed by atoms with E-state index in [0.29, 0.717) is 24.4 Å². The molecule has 112 valence electrons. The average molecular weight is 287 g/mol. The van der Waals surface area contributed by atoms with Crippen LogP contribution >= 0.6 is 0 Å².